The van der Waals surface area contributed by atoms with Crippen LogP contribution in [0, 0.1) is 12.7 Å². The number of esters is 1. The van der Waals surface area contributed by atoms with Gasteiger partial charge in [-0.3, -0.25) is 9.36 Å². The number of aryl methyl sites for hydroxylation is 3. The van der Waals surface area contributed by atoms with Gasteiger partial charge in [0.1, 0.15) is 26.9 Å². The number of aromatic nitrogens is 5. The van der Waals surface area contributed by atoms with E-state index >= 15 is 0 Å². The molecule has 0 aliphatic carbocycles. The summed E-state index contributed by atoms with van der Waals surface area (Å²) in [7, 11) is 1.48. The summed E-state index contributed by atoms with van der Waals surface area (Å²) in [5.74, 6) is -0.667. The molecule has 0 amide bonds. The summed E-state index contributed by atoms with van der Waals surface area (Å²) in [6, 6.07) is 4.16. The molecular formula is C27H34FN5O7S. The molecular weight excluding hydrogens is 557 g/mol. The number of aliphatic hydroxyl groups excluding tert-OH is 2. The maximum atomic E-state index is 14.0. The number of rotatable bonds is 9. The Balaban J connectivity index is 0.00000108. The molecule has 222 valence electrons. The highest BCUT2D eigenvalue weighted by Crippen LogP contribution is 2.31. The van der Waals surface area contributed by atoms with E-state index in [4.69, 9.17) is 19.7 Å². The van der Waals surface area contributed by atoms with Gasteiger partial charge in [-0.1, -0.05) is 11.3 Å². The lowest BCUT2D eigenvalue weighted by Gasteiger charge is -2.26. The maximum Gasteiger partial charge on any atom is 0.333 e. The number of halogens is 1. The van der Waals surface area contributed by atoms with E-state index in [1.54, 1.807) is 20.8 Å². The fourth-order valence-corrected chi connectivity index (χ4v) is 5.40. The molecule has 0 saturated carbocycles. The van der Waals surface area contributed by atoms with Crippen molar-refractivity contribution in [2.24, 2.45) is 0 Å². The smallest absolute Gasteiger partial charge is 0.333 e. The van der Waals surface area contributed by atoms with E-state index in [-0.39, 0.29) is 31.6 Å². The van der Waals surface area contributed by atoms with Crippen LogP contribution < -0.4 is 16.0 Å². The fraction of sp³-hybridized carbons (Fsp3) is 0.444. The topological polar surface area (TPSA) is 151 Å². The number of carbonyl (C=O) groups is 1. The van der Waals surface area contributed by atoms with E-state index in [2.05, 4.69) is 10.2 Å². The quantitative estimate of drug-likeness (QED) is 0.279. The van der Waals surface area contributed by atoms with Crippen LogP contribution in [0.2, 0.25) is 0 Å². The summed E-state index contributed by atoms with van der Waals surface area (Å²) in [5.41, 5.74) is -1.76. The first-order chi connectivity index (χ1) is 19.4. The Morgan fingerprint density at radius 3 is 2.34 bits per heavy atom. The van der Waals surface area contributed by atoms with E-state index in [0.717, 1.165) is 4.57 Å². The van der Waals surface area contributed by atoms with Crippen LogP contribution in [0.3, 0.4) is 0 Å². The molecule has 0 bridgehead atoms. The molecule has 0 unspecified atom stereocenters. The number of carbonyl (C=O) groups excluding carboxylic acids is 1. The Bertz CT molecular complexity index is 1620. The zero-order valence-corrected chi connectivity index (χ0v) is 24.6. The monoisotopic (exact) mass is 591 g/mol. The molecule has 0 atom stereocenters. The lowest BCUT2D eigenvalue weighted by atomic mass is 10.1. The van der Waals surface area contributed by atoms with Crippen molar-refractivity contribution in [3.8, 4) is 10.8 Å². The van der Waals surface area contributed by atoms with Crippen molar-refractivity contribution in [1.82, 2.24) is 24.1 Å². The van der Waals surface area contributed by atoms with Crippen LogP contribution in [0.4, 0.5) is 4.39 Å². The molecule has 41 heavy (non-hydrogen) atoms. The second kappa shape index (κ2) is 13.2. The Hall–Kier alpha value is -3.88. The van der Waals surface area contributed by atoms with E-state index < -0.39 is 34.7 Å². The summed E-state index contributed by atoms with van der Waals surface area (Å²) >= 11 is 1.19. The standard InChI is InChI=1S/C25H28FN5O5S.C2H6O2/c1-14(2)36-23(33)25(4,5)30-20(32)19-15(3)21(31-27-10-11-28-31)37-22(19)29(24(30)34)12-9-16-13-17(26)7-8-18(16)35-6;3-1-2-4/h7-8,10-11,13-14H,9,12H2,1-6H3;3-4H,1-2H2. The number of ether oxygens (including phenoxy) is 2. The van der Waals surface area contributed by atoms with Gasteiger partial charge in [0.05, 0.1) is 44.2 Å². The molecule has 3 heterocycles. The highest BCUT2D eigenvalue weighted by molar-refractivity contribution is 7.21. The van der Waals surface area contributed by atoms with Crippen LogP contribution in [0.5, 0.6) is 5.75 Å². The minimum absolute atomic E-state index is 0.0939. The normalized spacial score (nSPS) is 11.5. The van der Waals surface area contributed by atoms with E-state index in [9.17, 15) is 18.8 Å². The first-order valence-electron chi connectivity index (χ1n) is 12.8. The second-order valence-electron chi connectivity index (χ2n) is 9.77. The molecule has 0 aliphatic rings. The number of hydrogen-bond acceptors (Lipinski definition) is 10. The van der Waals surface area contributed by atoms with Crippen molar-refractivity contribution in [3.63, 3.8) is 0 Å². The zero-order chi connectivity index (χ0) is 30.5. The Morgan fingerprint density at radius 2 is 1.78 bits per heavy atom. The van der Waals surface area contributed by atoms with Crippen molar-refractivity contribution >= 4 is 27.5 Å². The molecule has 3 aromatic heterocycles. The maximum absolute atomic E-state index is 14.0. The molecule has 12 nitrogen and oxygen atoms in total. The summed E-state index contributed by atoms with van der Waals surface area (Å²) in [6.45, 7) is 7.92. The third-order valence-corrected chi connectivity index (χ3v) is 7.42. The van der Waals surface area contributed by atoms with Crippen LogP contribution in [0.15, 0.2) is 40.2 Å². The van der Waals surface area contributed by atoms with Gasteiger partial charge in [0.15, 0.2) is 0 Å². The number of hydrogen-bond donors (Lipinski definition) is 2. The third kappa shape index (κ3) is 6.55. The van der Waals surface area contributed by atoms with Crippen LogP contribution in [-0.2, 0) is 28.0 Å². The number of fused-ring (bicyclic) bond motifs is 1. The van der Waals surface area contributed by atoms with E-state index in [1.165, 1.54) is 72.3 Å². The Kier molecular flexibility index (Phi) is 10.2. The summed E-state index contributed by atoms with van der Waals surface area (Å²) in [6.07, 6.45) is 2.82. The van der Waals surface area contributed by atoms with Crippen LogP contribution in [0.1, 0.15) is 38.8 Å². The lowest BCUT2D eigenvalue weighted by Crippen LogP contribution is -2.53. The van der Waals surface area contributed by atoms with Crippen LogP contribution in [-0.4, -0.2) is 66.7 Å². The first-order valence-corrected chi connectivity index (χ1v) is 13.6. The van der Waals surface area contributed by atoms with Gasteiger partial charge >= 0.3 is 11.7 Å². The predicted molar refractivity (Wildman–Crippen MR) is 151 cm³/mol. The first kappa shape index (κ1) is 31.6. The molecule has 0 saturated heterocycles. The van der Waals surface area contributed by atoms with Crippen molar-refractivity contribution < 1.29 is 28.9 Å². The zero-order valence-electron chi connectivity index (χ0n) is 23.8. The number of benzene rings is 1. The molecule has 0 spiro atoms. The van der Waals surface area contributed by atoms with Gasteiger partial charge in [-0.2, -0.15) is 10.2 Å². The van der Waals surface area contributed by atoms with Gasteiger partial charge < -0.3 is 19.7 Å². The van der Waals surface area contributed by atoms with Gasteiger partial charge in [0.25, 0.3) is 5.56 Å². The van der Waals surface area contributed by atoms with Crippen LogP contribution in [0.25, 0.3) is 15.2 Å². The number of thiophene rings is 1. The summed E-state index contributed by atoms with van der Waals surface area (Å²) < 4.78 is 27.1. The summed E-state index contributed by atoms with van der Waals surface area (Å²) in [4.78, 5) is 42.4. The molecule has 4 rings (SSSR count). The van der Waals surface area contributed by atoms with Crippen molar-refractivity contribution in [3.05, 3.63) is 68.4 Å². The predicted octanol–water partition coefficient (Wildman–Crippen LogP) is 2.16. The van der Waals surface area contributed by atoms with Gasteiger partial charge in [0.2, 0.25) is 0 Å². The molecule has 4 aromatic rings. The number of methoxy groups -OCH3 is 1. The van der Waals surface area contributed by atoms with Crippen LogP contribution >= 0.6 is 11.3 Å². The minimum atomic E-state index is -1.59. The molecule has 0 fully saturated rings. The number of aliphatic hydroxyl groups is 2. The van der Waals surface area contributed by atoms with Gasteiger partial charge in [0, 0.05) is 12.1 Å². The highest BCUT2D eigenvalue weighted by Gasteiger charge is 2.37. The van der Waals surface area contributed by atoms with E-state index in [0.29, 0.717) is 26.7 Å². The fourth-order valence-electron chi connectivity index (χ4n) is 4.16. The average molecular weight is 592 g/mol. The Labute approximate surface area is 239 Å². The van der Waals surface area contributed by atoms with Gasteiger partial charge in [-0.25, -0.2) is 18.5 Å². The van der Waals surface area contributed by atoms with Crippen molar-refractivity contribution in [2.45, 2.75) is 59.2 Å². The van der Waals surface area contributed by atoms with Crippen molar-refractivity contribution in [1.29, 1.82) is 0 Å². The highest BCUT2D eigenvalue weighted by atomic mass is 32.1. The van der Waals surface area contributed by atoms with E-state index in [1.807, 2.05) is 0 Å². The second-order valence-corrected chi connectivity index (χ2v) is 10.7. The third-order valence-electron chi connectivity index (χ3n) is 6.14. The lowest BCUT2D eigenvalue weighted by molar-refractivity contribution is -0.157. The number of nitrogens with zero attached hydrogens (tertiary/aromatic N) is 5. The molecule has 2 N–H and O–H groups in total. The largest absolute Gasteiger partial charge is 0.496 e. The molecule has 1 aromatic carbocycles. The average Bonchev–Trinajstić information content (AvgIpc) is 3.56. The minimum Gasteiger partial charge on any atom is -0.496 e. The SMILES string of the molecule is COc1ccc(F)cc1CCn1c(=O)n(C(C)(C)C(=O)OC(C)C)c(=O)c2c(C)c(-n3nccn3)sc21.OCCO. The molecule has 14 heteroatoms. The molecule has 0 aliphatic heterocycles. The molecule has 0 radical (unpaired) electrons. The Morgan fingerprint density at radius 1 is 1.15 bits per heavy atom. The van der Waals surface area contributed by atoms with Gasteiger partial charge in [-0.05, 0) is 64.8 Å². The summed E-state index contributed by atoms with van der Waals surface area (Å²) in [5, 5.41) is 24.4. The van der Waals surface area contributed by atoms with Gasteiger partial charge in [-0.15, -0.1) is 4.80 Å². The van der Waals surface area contributed by atoms with Crippen molar-refractivity contribution in [2.75, 3.05) is 20.3 Å².